The van der Waals surface area contributed by atoms with Gasteiger partial charge in [-0.2, -0.15) is 0 Å². The van der Waals surface area contributed by atoms with Crippen LogP contribution in [0, 0.1) is 12.7 Å². The minimum atomic E-state index is -0.185. The summed E-state index contributed by atoms with van der Waals surface area (Å²) in [6.45, 7) is 5.28. The van der Waals surface area contributed by atoms with Crippen molar-refractivity contribution in [2.45, 2.75) is 46.1 Å². The molecule has 106 valence electrons. The van der Waals surface area contributed by atoms with Crippen LogP contribution in [0.5, 0.6) is 0 Å². The van der Waals surface area contributed by atoms with Crippen LogP contribution in [0.3, 0.4) is 0 Å². The number of aliphatic imine (C=N–C) groups is 1. The first-order valence-electron chi connectivity index (χ1n) is 6.92. The zero-order valence-corrected chi connectivity index (χ0v) is 11.9. The van der Waals surface area contributed by atoms with Crippen molar-refractivity contribution >= 4 is 5.96 Å². The average Bonchev–Trinajstić information content (AvgIpc) is 2.40. The Hall–Kier alpha value is -1.58. The maximum atomic E-state index is 13.1. The summed E-state index contributed by atoms with van der Waals surface area (Å²) in [6, 6.07) is 5.00. The van der Waals surface area contributed by atoms with Gasteiger partial charge in [-0.1, -0.05) is 38.3 Å². The quantitative estimate of drug-likeness (QED) is 0.452. The number of benzene rings is 1. The lowest BCUT2D eigenvalue weighted by Crippen LogP contribution is -2.32. The summed E-state index contributed by atoms with van der Waals surface area (Å²) < 4.78 is 13.1. The minimum Gasteiger partial charge on any atom is -0.370 e. The molecule has 0 fully saturated rings. The lowest BCUT2D eigenvalue weighted by atomic mass is 10.1. The molecule has 4 heteroatoms. The van der Waals surface area contributed by atoms with Crippen molar-refractivity contribution in [1.29, 1.82) is 0 Å². The van der Waals surface area contributed by atoms with E-state index in [0.29, 0.717) is 18.1 Å². The lowest BCUT2D eigenvalue weighted by Gasteiger charge is -2.06. The average molecular weight is 265 g/mol. The van der Waals surface area contributed by atoms with Crippen LogP contribution < -0.4 is 11.1 Å². The van der Waals surface area contributed by atoms with Crippen LogP contribution in [0.1, 0.15) is 43.7 Å². The highest BCUT2D eigenvalue weighted by atomic mass is 19.1. The van der Waals surface area contributed by atoms with Gasteiger partial charge in [0.15, 0.2) is 5.96 Å². The fraction of sp³-hybridized carbons (Fsp3) is 0.533. The summed E-state index contributed by atoms with van der Waals surface area (Å²) in [5.74, 6) is 0.272. The normalized spacial score (nSPS) is 11.6. The van der Waals surface area contributed by atoms with Gasteiger partial charge in [0, 0.05) is 6.54 Å². The molecule has 0 bridgehead atoms. The first-order valence-corrected chi connectivity index (χ1v) is 6.92. The van der Waals surface area contributed by atoms with Crippen molar-refractivity contribution < 1.29 is 4.39 Å². The summed E-state index contributed by atoms with van der Waals surface area (Å²) in [7, 11) is 0. The van der Waals surface area contributed by atoms with E-state index in [-0.39, 0.29) is 5.82 Å². The summed E-state index contributed by atoms with van der Waals surface area (Å²) in [4.78, 5) is 4.24. The Morgan fingerprint density at radius 3 is 2.79 bits per heavy atom. The highest BCUT2D eigenvalue weighted by Crippen LogP contribution is 2.09. The number of nitrogens with zero attached hydrogens (tertiary/aromatic N) is 1. The lowest BCUT2D eigenvalue weighted by molar-refractivity contribution is 0.617. The Labute approximate surface area is 115 Å². The molecule has 1 rings (SSSR count). The van der Waals surface area contributed by atoms with Crippen LogP contribution in [-0.4, -0.2) is 12.5 Å². The maximum absolute atomic E-state index is 13.1. The highest BCUT2D eigenvalue weighted by molar-refractivity contribution is 5.77. The number of rotatable bonds is 7. The van der Waals surface area contributed by atoms with Gasteiger partial charge in [-0.25, -0.2) is 9.38 Å². The van der Waals surface area contributed by atoms with Crippen LogP contribution >= 0.6 is 0 Å². The second-order valence-electron chi connectivity index (χ2n) is 4.77. The predicted octanol–water partition coefficient (Wildman–Crippen LogP) is 3.12. The van der Waals surface area contributed by atoms with E-state index in [4.69, 9.17) is 5.73 Å². The zero-order chi connectivity index (χ0) is 14.1. The standard InChI is InChI=1S/C15H24FN3/c1-3-4-5-6-9-18-15(17)19-11-13-7-8-14(16)12(2)10-13/h7-8,10H,3-6,9,11H2,1-2H3,(H3,17,18,19). The fourth-order valence-electron chi connectivity index (χ4n) is 1.81. The van der Waals surface area contributed by atoms with Gasteiger partial charge in [0.2, 0.25) is 0 Å². The van der Waals surface area contributed by atoms with E-state index >= 15 is 0 Å². The van der Waals surface area contributed by atoms with Crippen LogP contribution in [0.15, 0.2) is 23.2 Å². The van der Waals surface area contributed by atoms with E-state index in [2.05, 4.69) is 17.2 Å². The Morgan fingerprint density at radius 1 is 1.32 bits per heavy atom. The molecule has 0 heterocycles. The third-order valence-corrected chi connectivity index (χ3v) is 2.99. The van der Waals surface area contributed by atoms with Crippen LogP contribution in [0.4, 0.5) is 4.39 Å². The molecule has 0 saturated heterocycles. The van der Waals surface area contributed by atoms with Crippen LogP contribution in [0.25, 0.3) is 0 Å². The number of unbranched alkanes of at least 4 members (excludes halogenated alkanes) is 3. The SMILES string of the molecule is CCCCCCNC(N)=NCc1ccc(F)c(C)c1. The van der Waals surface area contributed by atoms with Gasteiger partial charge >= 0.3 is 0 Å². The van der Waals surface area contributed by atoms with Gasteiger partial charge in [0.1, 0.15) is 5.82 Å². The molecule has 1 aromatic rings. The molecule has 0 unspecified atom stereocenters. The number of aryl methyl sites for hydroxylation is 1. The minimum absolute atomic E-state index is 0.185. The summed E-state index contributed by atoms with van der Waals surface area (Å²) in [5.41, 5.74) is 7.37. The number of guanidine groups is 1. The molecular weight excluding hydrogens is 241 g/mol. The van der Waals surface area contributed by atoms with E-state index < -0.39 is 0 Å². The van der Waals surface area contributed by atoms with Crippen molar-refractivity contribution in [2.24, 2.45) is 10.7 Å². The molecule has 0 atom stereocenters. The van der Waals surface area contributed by atoms with Crippen molar-refractivity contribution in [3.63, 3.8) is 0 Å². The molecule has 0 amide bonds. The van der Waals surface area contributed by atoms with Crippen molar-refractivity contribution in [1.82, 2.24) is 5.32 Å². The Balaban J connectivity index is 2.32. The molecule has 3 N–H and O–H groups in total. The van der Waals surface area contributed by atoms with Crippen molar-refractivity contribution in [2.75, 3.05) is 6.54 Å². The molecule has 0 saturated carbocycles. The third-order valence-electron chi connectivity index (χ3n) is 2.99. The van der Waals surface area contributed by atoms with E-state index in [9.17, 15) is 4.39 Å². The smallest absolute Gasteiger partial charge is 0.188 e. The Morgan fingerprint density at radius 2 is 2.11 bits per heavy atom. The summed E-state index contributed by atoms with van der Waals surface area (Å²) in [5, 5.41) is 3.09. The van der Waals surface area contributed by atoms with E-state index in [1.54, 1.807) is 19.1 Å². The van der Waals surface area contributed by atoms with Gasteiger partial charge in [0.25, 0.3) is 0 Å². The number of nitrogens with one attached hydrogen (secondary N) is 1. The maximum Gasteiger partial charge on any atom is 0.188 e. The second kappa shape index (κ2) is 8.51. The number of nitrogens with two attached hydrogens (primary N) is 1. The van der Waals surface area contributed by atoms with Gasteiger partial charge < -0.3 is 11.1 Å². The fourth-order valence-corrected chi connectivity index (χ4v) is 1.81. The monoisotopic (exact) mass is 265 g/mol. The molecule has 0 aliphatic carbocycles. The van der Waals surface area contributed by atoms with Gasteiger partial charge in [0.05, 0.1) is 6.54 Å². The zero-order valence-electron chi connectivity index (χ0n) is 11.9. The van der Waals surface area contributed by atoms with Gasteiger partial charge in [-0.15, -0.1) is 0 Å². The first-order chi connectivity index (χ1) is 9.13. The van der Waals surface area contributed by atoms with Crippen LogP contribution in [0.2, 0.25) is 0 Å². The summed E-state index contributed by atoms with van der Waals surface area (Å²) >= 11 is 0. The second-order valence-corrected chi connectivity index (χ2v) is 4.77. The molecular formula is C15H24FN3. The molecule has 0 aliphatic heterocycles. The molecule has 3 nitrogen and oxygen atoms in total. The molecule has 0 spiro atoms. The van der Waals surface area contributed by atoms with Gasteiger partial charge in [-0.3, -0.25) is 0 Å². The molecule has 1 aromatic carbocycles. The van der Waals surface area contributed by atoms with E-state index in [0.717, 1.165) is 18.5 Å². The molecule has 0 radical (unpaired) electrons. The van der Waals surface area contributed by atoms with E-state index in [1.807, 2.05) is 0 Å². The van der Waals surface area contributed by atoms with Crippen molar-refractivity contribution in [3.8, 4) is 0 Å². The molecule has 19 heavy (non-hydrogen) atoms. The van der Waals surface area contributed by atoms with Crippen LogP contribution in [-0.2, 0) is 6.54 Å². The molecule has 0 aromatic heterocycles. The number of halogens is 1. The Bertz CT molecular complexity index is 416. The van der Waals surface area contributed by atoms with Gasteiger partial charge in [-0.05, 0) is 30.5 Å². The van der Waals surface area contributed by atoms with Crippen molar-refractivity contribution in [3.05, 3.63) is 35.1 Å². The topological polar surface area (TPSA) is 50.4 Å². The summed E-state index contributed by atoms with van der Waals surface area (Å²) in [6.07, 6.45) is 4.81. The van der Waals surface area contributed by atoms with E-state index in [1.165, 1.54) is 25.3 Å². The highest BCUT2D eigenvalue weighted by Gasteiger charge is 1.98. The predicted molar refractivity (Wildman–Crippen MR) is 78.6 cm³/mol. The molecule has 0 aliphatic rings. The third kappa shape index (κ3) is 6.22. The largest absolute Gasteiger partial charge is 0.370 e. The first kappa shape index (κ1) is 15.5. The number of hydrogen-bond acceptors (Lipinski definition) is 1. The Kier molecular flexibility index (Phi) is 6.93. The number of hydrogen-bond donors (Lipinski definition) is 2.